The Labute approximate surface area is 524 Å². The molecule has 510 valence electrons. The second kappa shape index (κ2) is 58.2. The normalized spacial score (nSPS) is 14.3. The van der Waals surface area contributed by atoms with Crippen LogP contribution in [0.3, 0.4) is 0 Å². The Balaban J connectivity index is 5.22. The second-order valence-corrected chi connectivity index (χ2v) is 28.5. The minimum absolute atomic E-state index is 0.102. The number of hydrogen-bond acceptors (Lipinski definition) is 15. The minimum atomic E-state index is -4.95. The Morgan fingerprint density at radius 2 is 0.535 bits per heavy atom. The largest absolute Gasteiger partial charge is 0.472 e. The Bertz CT molecular complexity index is 1700. The van der Waals surface area contributed by atoms with Gasteiger partial charge in [-0.1, -0.05) is 280 Å². The summed E-state index contributed by atoms with van der Waals surface area (Å²) < 4.78 is 68.0. The first-order valence-corrected chi connectivity index (χ1v) is 37.8. The number of carbonyl (C=O) groups is 4. The van der Waals surface area contributed by atoms with Crippen LogP contribution in [0.2, 0.25) is 0 Å². The molecule has 5 atom stereocenters. The zero-order valence-electron chi connectivity index (χ0n) is 55.8. The summed E-state index contributed by atoms with van der Waals surface area (Å²) in [5, 5.41) is 10.5. The van der Waals surface area contributed by atoms with Gasteiger partial charge in [-0.15, -0.1) is 0 Å². The molecule has 0 heterocycles. The number of aliphatic hydroxyl groups is 1. The van der Waals surface area contributed by atoms with Crippen LogP contribution in [0.4, 0.5) is 0 Å². The van der Waals surface area contributed by atoms with Crippen molar-refractivity contribution >= 4 is 39.5 Å². The van der Waals surface area contributed by atoms with E-state index < -0.39 is 97.5 Å². The van der Waals surface area contributed by atoms with Crippen LogP contribution in [0.15, 0.2) is 0 Å². The number of rotatable bonds is 65. The predicted octanol–water partition coefficient (Wildman–Crippen LogP) is 18.7. The highest BCUT2D eigenvalue weighted by atomic mass is 31.2. The summed E-state index contributed by atoms with van der Waals surface area (Å²) in [6.45, 7) is 11.7. The minimum Gasteiger partial charge on any atom is -0.462 e. The molecule has 0 saturated heterocycles. The van der Waals surface area contributed by atoms with E-state index in [1.165, 1.54) is 135 Å². The zero-order valence-corrected chi connectivity index (χ0v) is 57.6. The number of ether oxygens (including phenoxy) is 4. The van der Waals surface area contributed by atoms with E-state index in [1.54, 1.807) is 0 Å². The molecule has 0 spiro atoms. The summed E-state index contributed by atoms with van der Waals surface area (Å²) in [5.41, 5.74) is 0. The molecule has 19 heteroatoms. The summed E-state index contributed by atoms with van der Waals surface area (Å²) in [5.74, 6) is 0.0778. The Hall–Kier alpha value is -1.94. The quantitative estimate of drug-likeness (QED) is 0.0222. The molecule has 0 bridgehead atoms. The molecule has 0 aromatic carbocycles. The molecule has 0 amide bonds. The highest BCUT2D eigenvalue weighted by Crippen LogP contribution is 2.45. The van der Waals surface area contributed by atoms with Crippen LogP contribution >= 0.6 is 15.6 Å². The third-order valence-corrected chi connectivity index (χ3v) is 17.3. The van der Waals surface area contributed by atoms with Crippen LogP contribution in [-0.2, 0) is 65.4 Å². The zero-order chi connectivity index (χ0) is 63.8. The van der Waals surface area contributed by atoms with Gasteiger partial charge in [0, 0.05) is 25.7 Å². The van der Waals surface area contributed by atoms with Crippen molar-refractivity contribution in [3.63, 3.8) is 0 Å². The highest BCUT2D eigenvalue weighted by molar-refractivity contribution is 7.47. The Morgan fingerprint density at radius 3 is 0.791 bits per heavy atom. The smallest absolute Gasteiger partial charge is 0.462 e. The lowest BCUT2D eigenvalue weighted by Crippen LogP contribution is -2.30. The fraction of sp³-hybridized carbons (Fsp3) is 0.940. The molecule has 0 fully saturated rings. The van der Waals surface area contributed by atoms with Gasteiger partial charge in [0.05, 0.1) is 26.4 Å². The van der Waals surface area contributed by atoms with E-state index in [2.05, 4.69) is 48.5 Å². The third kappa shape index (κ3) is 60.9. The van der Waals surface area contributed by atoms with Gasteiger partial charge in [0.1, 0.15) is 19.3 Å². The molecule has 0 rings (SSSR count). The molecule has 17 nitrogen and oxygen atoms in total. The fourth-order valence-electron chi connectivity index (χ4n) is 10.0. The maximum absolute atomic E-state index is 13.0. The topological polar surface area (TPSA) is 237 Å². The van der Waals surface area contributed by atoms with Gasteiger partial charge in [-0.2, -0.15) is 0 Å². The van der Waals surface area contributed by atoms with Gasteiger partial charge in [-0.3, -0.25) is 37.3 Å². The maximum Gasteiger partial charge on any atom is 0.472 e. The van der Waals surface area contributed by atoms with E-state index in [1.807, 2.05) is 0 Å². The summed E-state index contributed by atoms with van der Waals surface area (Å²) >= 11 is 0. The average molecular weight is 1270 g/mol. The van der Waals surface area contributed by atoms with E-state index >= 15 is 0 Å². The number of unbranched alkanes of at least 4 members (excludes halogenated alkanes) is 33. The van der Waals surface area contributed by atoms with Gasteiger partial charge in [0.15, 0.2) is 12.2 Å². The van der Waals surface area contributed by atoms with Crippen LogP contribution in [0.1, 0.15) is 331 Å². The lowest BCUT2D eigenvalue weighted by atomic mass is 10.0. The van der Waals surface area contributed by atoms with Crippen molar-refractivity contribution < 1.29 is 80.2 Å². The van der Waals surface area contributed by atoms with Gasteiger partial charge in [-0.25, -0.2) is 9.13 Å². The molecular weight excluding hydrogens is 1140 g/mol. The molecule has 0 saturated carbocycles. The lowest BCUT2D eigenvalue weighted by Gasteiger charge is -2.21. The van der Waals surface area contributed by atoms with E-state index in [9.17, 15) is 43.2 Å². The first-order chi connectivity index (χ1) is 41.2. The molecule has 0 radical (unpaired) electrons. The summed E-state index contributed by atoms with van der Waals surface area (Å²) in [6.07, 6.45) is 40.5. The van der Waals surface area contributed by atoms with Gasteiger partial charge in [0.25, 0.3) is 0 Å². The lowest BCUT2D eigenvalue weighted by molar-refractivity contribution is -0.161. The van der Waals surface area contributed by atoms with Crippen LogP contribution in [-0.4, -0.2) is 96.7 Å². The molecule has 3 N–H and O–H groups in total. The molecule has 0 aliphatic carbocycles. The van der Waals surface area contributed by atoms with E-state index in [0.29, 0.717) is 31.6 Å². The SMILES string of the molecule is CCCCCCCCCCC(=O)OC[C@H](COP(=O)(O)OC[C@H](O)COP(=O)(O)OC[C@@H](COC(=O)CCCCCCCCCCCCC(C)C)OC(=O)CCCCCCCCCCCCCCCC(C)C)OC(=O)CCCCCCCCC(C)C. The first-order valence-electron chi connectivity index (χ1n) is 34.8. The van der Waals surface area contributed by atoms with Crippen molar-refractivity contribution in [3.05, 3.63) is 0 Å². The Kier molecular flexibility index (Phi) is 56.9. The molecule has 0 aromatic heterocycles. The van der Waals surface area contributed by atoms with Crippen LogP contribution < -0.4 is 0 Å². The van der Waals surface area contributed by atoms with Gasteiger partial charge in [0.2, 0.25) is 0 Å². The maximum atomic E-state index is 13.0. The molecule has 2 unspecified atom stereocenters. The number of phosphoric ester groups is 2. The Morgan fingerprint density at radius 1 is 0.314 bits per heavy atom. The van der Waals surface area contributed by atoms with Crippen LogP contribution in [0, 0.1) is 17.8 Å². The monoisotopic (exact) mass is 1270 g/mol. The van der Waals surface area contributed by atoms with Gasteiger partial charge >= 0.3 is 39.5 Å². The molecule has 0 aliphatic heterocycles. The van der Waals surface area contributed by atoms with Crippen molar-refractivity contribution in [2.45, 2.75) is 349 Å². The standard InChI is InChI=1S/C67H130O17P2/c1-8-9-10-11-12-26-34-41-48-64(69)77-55-63(84-67(72)51-44-37-30-29-33-40-47-60(6)7)57-82-86(75,76)80-53-61(68)52-79-85(73,74)81-56-62(54-78-65(70)49-42-35-27-22-19-18-21-25-32-39-46-59(4)5)83-66(71)50-43-36-28-23-17-15-13-14-16-20-24-31-38-45-58(2)3/h58-63,68H,8-57H2,1-7H3,(H,73,74)(H,75,76)/t61-,62-,63-/m1/s1. The van der Waals surface area contributed by atoms with Crippen LogP contribution in [0.5, 0.6) is 0 Å². The van der Waals surface area contributed by atoms with Crippen LogP contribution in [0.25, 0.3) is 0 Å². The molecule has 86 heavy (non-hydrogen) atoms. The fourth-order valence-corrected chi connectivity index (χ4v) is 11.6. The van der Waals surface area contributed by atoms with Crippen molar-refractivity contribution in [1.29, 1.82) is 0 Å². The van der Waals surface area contributed by atoms with Crippen molar-refractivity contribution in [2.75, 3.05) is 39.6 Å². The molecule has 0 aliphatic rings. The van der Waals surface area contributed by atoms with Gasteiger partial charge < -0.3 is 33.8 Å². The first kappa shape index (κ1) is 84.1. The third-order valence-electron chi connectivity index (χ3n) is 15.4. The van der Waals surface area contributed by atoms with Gasteiger partial charge in [-0.05, 0) is 43.4 Å². The van der Waals surface area contributed by atoms with Crippen molar-refractivity contribution in [3.8, 4) is 0 Å². The molecular formula is C67H130O17P2. The number of carbonyl (C=O) groups excluding carboxylic acids is 4. The number of phosphoric acid groups is 2. The summed E-state index contributed by atoms with van der Waals surface area (Å²) in [6, 6.07) is 0. The van der Waals surface area contributed by atoms with E-state index in [-0.39, 0.29) is 25.7 Å². The highest BCUT2D eigenvalue weighted by Gasteiger charge is 2.30. The average Bonchev–Trinajstić information content (AvgIpc) is 3.63. The number of hydrogen-bond donors (Lipinski definition) is 3. The van der Waals surface area contributed by atoms with E-state index in [0.717, 1.165) is 108 Å². The summed E-state index contributed by atoms with van der Waals surface area (Å²) in [7, 11) is -9.89. The van der Waals surface area contributed by atoms with E-state index in [4.69, 9.17) is 37.0 Å². The number of esters is 4. The second-order valence-electron chi connectivity index (χ2n) is 25.6. The number of aliphatic hydroxyl groups excluding tert-OH is 1. The van der Waals surface area contributed by atoms with Crippen molar-refractivity contribution in [2.24, 2.45) is 17.8 Å². The molecule has 0 aromatic rings. The van der Waals surface area contributed by atoms with Crippen molar-refractivity contribution in [1.82, 2.24) is 0 Å². The predicted molar refractivity (Wildman–Crippen MR) is 344 cm³/mol. The summed E-state index contributed by atoms with van der Waals surface area (Å²) in [4.78, 5) is 72.3.